The molecule has 146 valence electrons. The van der Waals surface area contributed by atoms with E-state index in [1.807, 2.05) is 18.2 Å². The summed E-state index contributed by atoms with van der Waals surface area (Å²) in [5.74, 6) is 0.418. The number of nitrogens with zero attached hydrogens (tertiary/aromatic N) is 2. The van der Waals surface area contributed by atoms with Crippen LogP contribution in [0.2, 0.25) is 0 Å². The fraction of sp³-hybridized carbons (Fsp3) is 0.250. The van der Waals surface area contributed by atoms with Crippen LogP contribution in [0, 0.1) is 5.82 Å². The number of para-hydroxylation sites is 1. The van der Waals surface area contributed by atoms with Gasteiger partial charge in [0.25, 0.3) is 5.91 Å². The number of carbonyl (C=O) groups excluding carboxylic acids is 1. The van der Waals surface area contributed by atoms with Crippen LogP contribution in [0.5, 0.6) is 11.5 Å². The SMILES string of the molecule is CC[C@H](Oc1ccccc1F)C(=O)NCc1nc(-c2cccc(OC)c2)no1. The standard InChI is InChI=1S/C20H20FN3O4/c1-3-16(27-17-10-5-4-9-15(17)21)20(25)22-12-18-23-19(24-28-18)13-7-6-8-14(11-13)26-2/h4-11,16H,3,12H2,1-2H3,(H,22,25)/t16-/m0/s1. The molecule has 3 rings (SSSR count). The molecule has 0 bridgehead atoms. The van der Waals surface area contributed by atoms with Gasteiger partial charge in [-0.1, -0.05) is 36.3 Å². The number of carbonyl (C=O) groups is 1. The number of hydrogen-bond donors (Lipinski definition) is 1. The van der Waals surface area contributed by atoms with Crippen LogP contribution in [0.1, 0.15) is 19.2 Å². The van der Waals surface area contributed by atoms with Gasteiger partial charge in [0.05, 0.1) is 13.7 Å². The Kier molecular flexibility index (Phi) is 6.21. The third-order valence-electron chi connectivity index (χ3n) is 3.98. The molecule has 1 heterocycles. The molecule has 1 amide bonds. The normalized spacial score (nSPS) is 11.7. The minimum atomic E-state index is -0.835. The number of aromatic nitrogens is 2. The van der Waals surface area contributed by atoms with Crippen molar-refractivity contribution in [3.05, 3.63) is 60.2 Å². The van der Waals surface area contributed by atoms with Gasteiger partial charge in [-0.05, 0) is 30.7 Å². The van der Waals surface area contributed by atoms with Gasteiger partial charge in [0.2, 0.25) is 11.7 Å². The summed E-state index contributed by atoms with van der Waals surface area (Å²) in [5.41, 5.74) is 0.731. The number of rotatable bonds is 8. The van der Waals surface area contributed by atoms with Gasteiger partial charge in [0.15, 0.2) is 17.7 Å². The fourth-order valence-electron chi connectivity index (χ4n) is 2.50. The zero-order valence-corrected chi connectivity index (χ0v) is 15.5. The summed E-state index contributed by atoms with van der Waals surface area (Å²) < 4.78 is 29.5. The molecule has 2 aromatic carbocycles. The molecule has 7 nitrogen and oxygen atoms in total. The highest BCUT2D eigenvalue weighted by atomic mass is 19.1. The van der Waals surface area contributed by atoms with E-state index in [1.54, 1.807) is 32.2 Å². The molecular weight excluding hydrogens is 365 g/mol. The molecule has 1 atom stereocenters. The van der Waals surface area contributed by atoms with E-state index in [0.717, 1.165) is 5.56 Å². The fourth-order valence-corrected chi connectivity index (χ4v) is 2.50. The van der Waals surface area contributed by atoms with Crippen molar-refractivity contribution >= 4 is 5.91 Å². The number of hydrogen-bond acceptors (Lipinski definition) is 6. The van der Waals surface area contributed by atoms with Crippen molar-refractivity contribution in [3.63, 3.8) is 0 Å². The first kappa shape index (κ1) is 19.3. The van der Waals surface area contributed by atoms with Gasteiger partial charge >= 0.3 is 0 Å². The highest BCUT2D eigenvalue weighted by Gasteiger charge is 2.20. The first-order chi connectivity index (χ1) is 13.6. The molecule has 0 spiro atoms. The second-order valence-electron chi connectivity index (χ2n) is 5.91. The maximum absolute atomic E-state index is 13.7. The number of amides is 1. The molecule has 0 saturated carbocycles. The van der Waals surface area contributed by atoms with E-state index in [2.05, 4.69) is 15.5 Å². The number of halogens is 1. The predicted octanol–water partition coefficient (Wildman–Crippen LogP) is 3.36. The molecular formula is C20H20FN3O4. The lowest BCUT2D eigenvalue weighted by molar-refractivity contribution is -0.128. The topological polar surface area (TPSA) is 86.5 Å². The summed E-state index contributed by atoms with van der Waals surface area (Å²) in [4.78, 5) is 16.6. The van der Waals surface area contributed by atoms with E-state index in [0.29, 0.717) is 18.0 Å². The van der Waals surface area contributed by atoms with Crippen LogP contribution in [-0.4, -0.2) is 29.3 Å². The highest BCUT2D eigenvalue weighted by Crippen LogP contribution is 2.21. The molecule has 0 aliphatic heterocycles. The molecule has 8 heteroatoms. The van der Waals surface area contributed by atoms with E-state index < -0.39 is 17.8 Å². The Morgan fingerprint density at radius 2 is 2.07 bits per heavy atom. The zero-order chi connectivity index (χ0) is 19.9. The average molecular weight is 385 g/mol. The third kappa shape index (κ3) is 4.64. The largest absolute Gasteiger partial charge is 0.497 e. The Hall–Kier alpha value is -3.42. The summed E-state index contributed by atoms with van der Waals surface area (Å²) in [5, 5.41) is 6.58. The van der Waals surface area contributed by atoms with Gasteiger partial charge in [-0.15, -0.1) is 0 Å². The molecule has 0 saturated heterocycles. The lowest BCUT2D eigenvalue weighted by Crippen LogP contribution is -2.37. The van der Waals surface area contributed by atoms with E-state index in [9.17, 15) is 9.18 Å². The molecule has 3 aromatic rings. The smallest absolute Gasteiger partial charge is 0.261 e. The van der Waals surface area contributed by atoms with Crippen LogP contribution >= 0.6 is 0 Å². The van der Waals surface area contributed by atoms with Crippen molar-refractivity contribution in [3.8, 4) is 22.9 Å². The third-order valence-corrected chi connectivity index (χ3v) is 3.98. The Morgan fingerprint density at radius 1 is 1.25 bits per heavy atom. The summed E-state index contributed by atoms with van der Waals surface area (Å²) in [7, 11) is 1.57. The van der Waals surface area contributed by atoms with Crippen molar-refractivity contribution in [2.75, 3.05) is 7.11 Å². The second kappa shape index (κ2) is 8.98. The van der Waals surface area contributed by atoms with E-state index >= 15 is 0 Å². The summed E-state index contributed by atoms with van der Waals surface area (Å²) >= 11 is 0. The van der Waals surface area contributed by atoms with Gasteiger partial charge in [0, 0.05) is 5.56 Å². The quantitative estimate of drug-likeness (QED) is 0.640. The summed E-state index contributed by atoms with van der Waals surface area (Å²) in [6.45, 7) is 1.81. The maximum atomic E-state index is 13.7. The molecule has 1 N–H and O–H groups in total. The van der Waals surface area contributed by atoms with Crippen molar-refractivity contribution in [1.29, 1.82) is 0 Å². The van der Waals surface area contributed by atoms with E-state index in [1.165, 1.54) is 12.1 Å². The molecule has 1 aromatic heterocycles. The van der Waals surface area contributed by atoms with Crippen molar-refractivity contribution < 1.29 is 23.2 Å². The van der Waals surface area contributed by atoms with Crippen molar-refractivity contribution in [2.24, 2.45) is 0 Å². The lowest BCUT2D eigenvalue weighted by Gasteiger charge is -2.17. The minimum Gasteiger partial charge on any atom is -0.497 e. The van der Waals surface area contributed by atoms with Gasteiger partial charge < -0.3 is 19.3 Å². The van der Waals surface area contributed by atoms with Gasteiger partial charge in [-0.2, -0.15) is 4.98 Å². The second-order valence-corrected chi connectivity index (χ2v) is 5.91. The molecule has 0 unspecified atom stereocenters. The first-order valence-electron chi connectivity index (χ1n) is 8.76. The van der Waals surface area contributed by atoms with Crippen LogP contribution in [0.3, 0.4) is 0 Å². The Bertz CT molecular complexity index is 944. The number of methoxy groups -OCH3 is 1. The van der Waals surface area contributed by atoms with Crippen molar-refractivity contribution in [2.45, 2.75) is 26.0 Å². The minimum absolute atomic E-state index is 0.0302. The molecule has 28 heavy (non-hydrogen) atoms. The molecule has 0 aliphatic carbocycles. The monoisotopic (exact) mass is 385 g/mol. The number of benzene rings is 2. The average Bonchev–Trinajstić information content (AvgIpc) is 3.20. The van der Waals surface area contributed by atoms with Crippen LogP contribution in [0.15, 0.2) is 53.1 Å². The lowest BCUT2D eigenvalue weighted by atomic mass is 10.2. The van der Waals surface area contributed by atoms with Crippen LogP contribution in [0.25, 0.3) is 11.4 Å². The Morgan fingerprint density at radius 3 is 2.82 bits per heavy atom. The first-order valence-corrected chi connectivity index (χ1v) is 8.76. The maximum Gasteiger partial charge on any atom is 0.261 e. The van der Waals surface area contributed by atoms with Crippen LogP contribution < -0.4 is 14.8 Å². The number of nitrogens with one attached hydrogen (secondary N) is 1. The van der Waals surface area contributed by atoms with E-state index in [4.69, 9.17) is 14.0 Å². The summed E-state index contributed by atoms with van der Waals surface area (Å²) in [6, 6.07) is 13.2. The molecule has 0 fully saturated rings. The highest BCUT2D eigenvalue weighted by molar-refractivity contribution is 5.81. The van der Waals surface area contributed by atoms with Gasteiger partial charge in [-0.3, -0.25) is 4.79 Å². The summed E-state index contributed by atoms with van der Waals surface area (Å²) in [6.07, 6.45) is -0.461. The van der Waals surface area contributed by atoms with Gasteiger partial charge in [0.1, 0.15) is 5.75 Å². The van der Waals surface area contributed by atoms with E-state index in [-0.39, 0.29) is 18.2 Å². The molecule has 0 radical (unpaired) electrons. The Balaban J connectivity index is 1.61. The molecule has 0 aliphatic rings. The van der Waals surface area contributed by atoms with Crippen molar-refractivity contribution in [1.82, 2.24) is 15.5 Å². The predicted molar refractivity (Wildman–Crippen MR) is 99.2 cm³/mol. The Labute approximate surface area is 161 Å². The van der Waals surface area contributed by atoms with Crippen LogP contribution in [-0.2, 0) is 11.3 Å². The van der Waals surface area contributed by atoms with Gasteiger partial charge in [-0.25, -0.2) is 4.39 Å². The zero-order valence-electron chi connectivity index (χ0n) is 15.5. The number of ether oxygens (including phenoxy) is 2. The van der Waals surface area contributed by atoms with Crippen LogP contribution in [0.4, 0.5) is 4.39 Å².